The van der Waals surface area contributed by atoms with Crippen LogP contribution in [0.25, 0.3) is 0 Å². The molecule has 0 unspecified atom stereocenters. The van der Waals surface area contributed by atoms with Gasteiger partial charge in [-0.1, -0.05) is 12.1 Å². The second-order valence-corrected chi connectivity index (χ2v) is 8.43. The number of carbonyl (C=O) groups excluding carboxylic acids is 1. The van der Waals surface area contributed by atoms with E-state index in [4.69, 9.17) is 0 Å². The van der Waals surface area contributed by atoms with Crippen LogP contribution in [0.5, 0.6) is 0 Å². The van der Waals surface area contributed by atoms with Gasteiger partial charge in [0.15, 0.2) is 5.82 Å². The molecule has 0 aliphatic carbocycles. The van der Waals surface area contributed by atoms with Crippen LogP contribution in [0.2, 0.25) is 0 Å². The summed E-state index contributed by atoms with van der Waals surface area (Å²) < 4.78 is 14.6. The summed E-state index contributed by atoms with van der Waals surface area (Å²) in [6.07, 6.45) is 4.36. The lowest BCUT2D eigenvalue weighted by atomic mass is 9.97. The first-order chi connectivity index (χ1) is 14.9. The summed E-state index contributed by atoms with van der Waals surface area (Å²) in [7, 11) is 2.12. The van der Waals surface area contributed by atoms with E-state index in [1.807, 2.05) is 17.9 Å². The number of nitrogens with one attached hydrogen (secondary N) is 1. The maximum Gasteiger partial charge on any atom is 0.265 e. The van der Waals surface area contributed by atoms with Crippen molar-refractivity contribution in [2.45, 2.75) is 33.1 Å². The van der Waals surface area contributed by atoms with Gasteiger partial charge in [0.2, 0.25) is 0 Å². The van der Waals surface area contributed by atoms with Gasteiger partial charge in [-0.05, 0) is 70.8 Å². The van der Waals surface area contributed by atoms with E-state index in [0.29, 0.717) is 47.6 Å². The smallest absolute Gasteiger partial charge is 0.265 e. The fraction of sp³-hybridized carbons (Fsp3) is 0.478. The van der Waals surface area contributed by atoms with Gasteiger partial charge < -0.3 is 15.1 Å². The largest absolute Gasteiger partial charge is 0.351 e. The molecule has 7 nitrogen and oxygen atoms in total. The summed E-state index contributed by atoms with van der Waals surface area (Å²) in [6, 6.07) is 5.10. The molecule has 0 radical (unpaired) electrons. The molecule has 0 spiro atoms. The first-order valence-electron chi connectivity index (χ1n) is 10.8. The summed E-state index contributed by atoms with van der Waals surface area (Å²) in [6.45, 7) is 6.90. The van der Waals surface area contributed by atoms with E-state index in [2.05, 4.69) is 32.2 Å². The standard InChI is InChI=1S/C23H29FN6O/c1-15-20(28-16(2)23(31)25-13-17-7-10-29(3)11-8-17)22(27-14-26-15)30-12-9-18-5-4-6-19(24)21(18)30/h4-6,14,17H,7-13H2,1-3H3,(H,25,31). The third-order valence-electron chi connectivity index (χ3n) is 6.18. The van der Waals surface area contributed by atoms with Crippen LogP contribution in [-0.2, 0) is 11.2 Å². The molecule has 2 aromatic rings. The highest BCUT2D eigenvalue weighted by Gasteiger charge is 2.27. The highest BCUT2D eigenvalue weighted by Crippen LogP contribution is 2.40. The summed E-state index contributed by atoms with van der Waals surface area (Å²) in [4.78, 5) is 30.1. The fourth-order valence-corrected chi connectivity index (χ4v) is 4.25. The van der Waals surface area contributed by atoms with Gasteiger partial charge in [0, 0.05) is 13.1 Å². The van der Waals surface area contributed by atoms with Crippen molar-refractivity contribution in [1.82, 2.24) is 20.2 Å². The molecule has 31 heavy (non-hydrogen) atoms. The number of halogens is 1. The molecule has 3 heterocycles. The first kappa shape index (κ1) is 21.4. The van der Waals surface area contributed by atoms with Crippen LogP contribution < -0.4 is 10.2 Å². The average Bonchev–Trinajstić information content (AvgIpc) is 3.20. The van der Waals surface area contributed by atoms with Crippen molar-refractivity contribution in [2.75, 3.05) is 38.1 Å². The molecule has 4 rings (SSSR count). The van der Waals surface area contributed by atoms with Crippen molar-refractivity contribution >= 4 is 28.8 Å². The highest BCUT2D eigenvalue weighted by atomic mass is 19.1. The average molecular weight is 425 g/mol. The lowest BCUT2D eigenvalue weighted by Gasteiger charge is -2.28. The Labute approximate surface area is 182 Å². The number of hydrogen-bond acceptors (Lipinski definition) is 6. The van der Waals surface area contributed by atoms with Gasteiger partial charge in [-0.15, -0.1) is 0 Å². The van der Waals surface area contributed by atoms with Gasteiger partial charge in [-0.25, -0.2) is 19.4 Å². The fourth-order valence-electron chi connectivity index (χ4n) is 4.25. The normalized spacial score (nSPS) is 17.7. The predicted octanol–water partition coefficient (Wildman–Crippen LogP) is 3.17. The predicted molar refractivity (Wildman–Crippen MR) is 120 cm³/mol. The SMILES string of the molecule is CC(=Nc1c(C)ncnc1N1CCc2cccc(F)c21)C(=O)NCC1CCN(C)CC1. The number of fused-ring (bicyclic) bond motifs is 1. The Balaban J connectivity index is 1.54. The molecule has 0 atom stereocenters. The number of anilines is 2. The molecule has 0 bridgehead atoms. The molecule has 1 amide bonds. The molecule has 164 valence electrons. The van der Waals surface area contributed by atoms with E-state index in [1.54, 1.807) is 13.0 Å². The zero-order valence-corrected chi connectivity index (χ0v) is 18.4. The topological polar surface area (TPSA) is 73.7 Å². The molecular weight excluding hydrogens is 395 g/mol. The van der Waals surface area contributed by atoms with Crippen LogP contribution >= 0.6 is 0 Å². The Morgan fingerprint density at radius 1 is 1.26 bits per heavy atom. The third kappa shape index (κ3) is 4.58. The maximum atomic E-state index is 14.6. The summed E-state index contributed by atoms with van der Waals surface area (Å²) in [5.41, 5.74) is 2.98. The van der Waals surface area contributed by atoms with E-state index >= 15 is 0 Å². The van der Waals surface area contributed by atoms with Crippen LogP contribution in [0.4, 0.5) is 21.6 Å². The Morgan fingerprint density at radius 2 is 2.03 bits per heavy atom. The number of piperidine rings is 1. The Morgan fingerprint density at radius 3 is 2.81 bits per heavy atom. The number of likely N-dealkylation sites (tertiary alicyclic amines) is 1. The second kappa shape index (κ2) is 9.09. The number of amides is 1. The Bertz CT molecular complexity index is 1000. The first-order valence-corrected chi connectivity index (χ1v) is 10.8. The van der Waals surface area contributed by atoms with Gasteiger partial charge in [-0.2, -0.15) is 0 Å². The molecule has 0 saturated carbocycles. The third-order valence-corrected chi connectivity index (χ3v) is 6.18. The van der Waals surface area contributed by atoms with Crippen molar-refractivity contribution < 1.29 is 9.18 Å². The van der Waals surface area contributed by atoms with E-state index in [-0.39, 0.29) is 11.7 Å². The molecule has 1 N–H and O–H groups in total. The van der Waals surface area contributed by atoms with Gasteiger partial charge in [0.25, 0.3) is 5.91 Å². The van der Waals surface area contributed by atoms with Gasteiger partial charge in [0.05, 0.1) is 11.4 Å². The zero-order valence-electron chi connectivity index (χ0n) is 18.4. The monoisotopic (exact) mass is 424 g/mol. The maximum absolute atomic E-state index is 14.6. The molecule has 8 heteroatoms. The van der Waals surface area contributed by atoms with Gasteiger partial charge in [-0.3, -0.25) is 4.79 Å². The van der Waals surface area contributed by atoms with E-state index < -0.39 is 0 Å². The summed E-state index contributed by atoms with van der Waals surface area (Å²) in [5.74, 6) is 0.545. The number of aromatic nitrogens is 2. The lowest BCUT2D eigenvalue weighted by Crippen LogP contribution is -2.38. The lowest BCUT2D eigenvalue weighted by molar-refractivity contribution is -0.115. The zero-order chi connectivity index (χ0) is 22.0. The number of carbonyl (C=O) groups is 1. The summed E-state index contributed by atoms with van der Waals surface area (Å²) >= 11 is 0. The van der Waals surface area contributed by atoms with Crippen molar-refractivity contribution in [3.63, 3.8) is 0 Å². The van der Waals surface area contributed by atoms with Crippen molar-refractivity contribution in [2.24, 2.45) is 10.9 Å². The summed E-state index contributed by atoms with van der Waals surface area (Å²) in [5, 5.41) is 3.02. The number of aliphatic imine (C=N–C) groups is 1. The van der Waals surface area contributed by atoms with E-state index in [1.165, 1.54) is 12.4 Å². The molecule has 1 aromatic heterocycles. The van der Waals surface area contributed by atoms with Crippen LogP contribution in [0.3, 0.4) is 0 Å². The number of benzene rings is 1. The van der Waals surface area contributed by atoms with Crippen molar-refractivity contribution in [1.29, 1.82) is 0 Å². The molecule has 2 aliphatic heterocycles. The van der Waals surface area contributed by atoms with Crippen LogP contribution in [-0.4, -0.2) is 59.7 Å². The molecule has 2 aliphatic rings. The number of aryl methyl sites for hydroxylation is 1. The Hall–Kier alpha value is -2.87. The molecule has 1 saturated heterocycles. The van der Waals surface area contributed by atoms with Crippen LogP contribution in [0, 0.1) is 18.7 Å². The minimum absolute atomic E-state index is 0.193. The van der Waals surface area contributed by atoms with E-state index in [9.17, 15) is 9.18 Å². The number of para-hydroxylation sites is 1. The van der Waals surface area contributed by atoms with E-state index in [0.717, 1.165) is 37.9 Å². The minimum Gasteiger partial charge on any atom is -0.351 e. The van der Waals surface area contributed by atoms with Crippen molar-refractivity contribution in [3.05, 3.63) is 41.6 Å². The highest BCUT2D eigenvalue weighted by molar-refractivity contribution is 6.38. The quantitative estimate of drug-likeness (QED) is 0.747. The number of hydrogen-bond donors (Lipinski definition) is 1. The molecule has 1 aromatic carbocycles. The van der Waals surface area contributed by atoms with Crippen LogP contribution in [0.1, 0.15) is 31.0 Å². The molecule has 1 fully saturated rings. The van der Waals surface area contributed by atoms with Gasteiger partial charge in [0.1, 0.15) is 23.5 Å². The van der Waals surface area contributed by atoms with Crippen LogP contribution in [0.15, 0.2) is 29.5 Å². The number of rotatable bonds is 5. The number of nitrogens with zero attached hydrogens (tertiary/aromatic N) is 5. The minimum atomic E-state index is -0.284. The van der Waals surface area contributed by atoms with Gasteiger partial charge >= 0.3 is 0 Å². The van der Waals surface area contributed by atoms with Crippen molar-refractivity contribution in [3.8, 4) is 0 Å². The molecular formula is C23H29FN6O. The Kier molecular flexibility index (Phi) is 6.27. The second-order valence-electron chi connectivity index (χ2n) is 8.43.